The molecule has 0 atom stereocenters. The minimum atomic E-state index is 0.166. The number of methoxy groups -OCH3 is 1. The van der Waals surface area contributed by atoms with E-state index in [-0.39, 0.29) is 5.41 Å². The van der Waals surface area contributed by atoms with E-state index in [1.807, 2.05) is 6.20 Å². The molecule has 1 heterocycles. The van der Waals surface area contributed by atoms with E-state index in [4.69, 9.17) is 4.74 Å². The molecule has 0 aliphatic carbocycles. The van der Waals surface area contributed by atoms with Crippen LogP contribution in [-0.2, 0) is 16.7 Å². The van der Waals surface area contributed by atoms with Crippen molar-refractivity contribution in [3.05, 3.63) is 16.1 Å². The summed E-state index contributed by atoms with van der Waals surface area (Å²) in [5.74, 6) is 0. The molecule has 0 bridgehead atoms. The molecule has 1 rings (SSSR count). The van der Waals surface area contributed by atoms with Crippen LogP contribution in [0.25, 0.3) is 0 Å². The van der Waals surface area contributed by atoms with E-state index < -0.39 is 0 Å². The van der Waals surface area contributed by atoms with Gasteiger partial charge in [0.15, 0.2) is 0 Å². The molecular formula is C12H22N2OS. The molecule has 16 heavy (non-hydrogen) atoms. The predicted molar refractivity (Wildman–Crippen MR) is 69.0 cm³/mol. The van der Waals surface area contributed by atoms with Crippen molar-refractivity contribution in [3.63, 3.8) is 0 Å². The summed E-state index contributed by atoms with van der Waals surface area (Å²) in [6.07, 6.45) is 3.04. The van der Waals surface area contributed by atoms with Crippen LogP contribution < -0.4 is 5.32 Å². The first kappa shape index (κ1) is 13.6. The number of hydrogen-bond acceptors (Lipinski definition) is 4. The Morgan fingerprint density at radius 2 is 2.19 bits per heavy atom. The van der Waals surface area contributed by atoms with Gasteiger partial charge in [-0.15, -0.1) is 11.3 Å². The number of ether oxygens (including phenoxy) is 1. The average Bonchev–Trinajstić information content (AvgIpc) is 2.65. The zero-order valence-electron chi connectivity index (χ0n) is 10.7. The van der Waals surface area contributed by atoms with E-state index in [0.29, 0.717) is 0 Å². The maximum absolute atomic E-state index is 4.99. The van der Waals surface area contributed by atoms with E-state index in [0.717, 1.165) is 26.1 Å². The first-order valence-electron chi connectivity index (χ1n) is 5.69. The largest absolute Gasteiger partial charge is 0.385 e. The standard InChI is InChI=1S/C12H22N2OS/c1-12(2,3)11-14-9-10(16-11)8-13-6-5-7-15-4/h9,13H,5-8H2,1-4H3. The maximum Gasteiger partial charge on any atom is 0.0981 e. The van der Waals surface area contributed by atoms with Crippen LogP contribution in [0.2, 0.25) is 0 Å². The molecule has 1 aromatic heterocycles. The van der Waals surface area contributed by atoms with Crippen molar-refractivity contribution in [2.75, 3.05) is 20.3 Å². The Morgan fingerprint density at radius 3 is 2.75 bits per heavy atom. The summed E-state index contributed by atoms with van der Waals surface area (Å²) >= 11 is 1.80. The Kier molecular flexibility index (Phi) is 5.38. The molecule has 0 amide bonds. The van der Waals surface area contributed by atoms with E-state index in [1.165, 1.54) is 9.88 Å². The van der Waals surface area contributed by atoms with Crippen LogP contribution in [0.15, 0.2) is 6.20 Å². The maximum atomic E-state index is 4.99. The minimum Gasteiger partial charge on any atom is -0.385 e. The molecule has 0 radical (unpaired) electrons. The topological polar surface area (TPSA) is 34.1 Å². The molecule has 0 saturated carbocycles. The lowest BCUT2D eigenvalue weighted by molar-refractivity contribution is 0.194. The predicted octanol–water partition coefficient (Wildman–Crippen LogP) is 2.57. The fourth-order valence-electron chi connectivity index (χ4n) is 1.29. The monoisotopic (exact) mass is 242 g/mol. The summed E-state index contributed by atoms with van der Waals surface area (Å²) in [5, 5.41) is 4.60. The number of aromatic nitrogens is 1. The fourth-order valence-corrected chi connectivity index (χ4v) is 2.23. The van der Waals surface area contributed by atoms with Gasteiger partial charge in [0.05, 0.1) is 5.01 Å². The summed E-state index contributed by atoms with van der Waals surface area (Å²) in [4.78, 5) is 5.76. The zero-order chi connectivity index (χ0) is 12.0. The van der Waals surface area contributed by atoms with Gasteiger partial charge >= 0.3 is 0 Å². The quantitative estimate of drug-likeness (QED) is 0.779. The molecule has 0 aliphatic rings. The van der Waals surface area contributed by atoms with Gasteiger partial charge in [-0.1, -0.05) is 20.8 Å². The molecule has 92 valence electrons. The van der Waals surface area contributed by atoms with Crippen molar-refractivity contribution in [2.24, 2.45) is 0 Å². The van der Waals surface area contributed by atoms with Gasteiger partial charge in [-0.25, -0.2) is 4.98 Å². The summed E-state index contributed by atoms with van der Waals surface area (Å²) < 4.78 is 4.99. The van der Waals surface area contributed by atoms with Gasteiger partial charge in [0, 0.05) is 36.8 Å². The van der Waals surface area contributed by atoms with Gasteiger partial charge in [0.25, 0.3) is 0 Å². The number of rotatable bonds is 6. The minimum absolute atomic E-state index is 0.166. The summed E-state index contributed by atoms with van der Waals surface area (Å²) in [7, 11) is 1.73. The van der Waals surface area contributed by atoms with Crippen LogP contribution in [0.5, 0.6) is 0 Å². The highest BCUT2D eigenvalue weighted by Gasteiger charge is 2.17. The lowest BCUT2D eigenvalue weighted by atomic mass is 9.98. The van der Waals surface area contributed by atoms with E-state index in [1.54, 1.807) is 18.4 Å². The van der Waals surface area contributed by atoms with Crippen molar-refractivity contribution in [3.8, 4) is 0 Å². The van der Waals surface area contributed by atoms with Gasteiger partial charge < -0.3 is 10.1 Å². The Labute approximate surface area is 102 Å². The number of hydrogen-bond donors (Lipinski definition) is 1. The van der Waals surface area contributed by atoms with Crippen molar-refractivity contribution < 1.29 is 4.74 Å². The molecule has 0 fully saturated rings. The molecule has 0 spiro atoms. The van der Waals surface area contributed by atoms with Crippen LogP contribution >= 0.6 is 11.3 Å². The highest BCUT2D eigenvalue weighted by atomic mass is 32.1. The highest BCUT2D eigenvalue weighted by Crippen LogP contribution is 2.26. The van der Waals surface area contributed by atoms with Crippen LogP contribution in [0.3, 0.4) is 0 Å². The van der Waals surface area contributed by atoms with Crippen molar-refractivity contribution >= 4 is 11.3 Å². The van der Waals surface area contributed by atoms with Crippen LogP contribution in [-0.4, -0.2) is 25.2 Å². The summed E-state index contributed by atoms with van der Waals surface area (Å²) in [6, 6.07) is 0. The van der Waals surface area contributed by atoms with Crippen molar-refractivity contribution in [1.29, 1.82) is 0 Å². The Bertz CT molecular complexity index is 304. The number of nitrogens with zero attached hydrogens (tertiary/aromatic N) is 1. The molecule has 1 aromatic rings. The zero-order valence-corrected chi connectivity index (χ0v) is 11.5. The average molecular weight is 242 g/mol. The fraction of sp³-hybridized carbons (Fsp3) is 0.750. The van der Waals surface area contributed by atoms with E-state index in [2.05, 4.69) is 31.1 Å². The molecule has 4 heteroatoms. The van der Waals surface area contributed by atoms with Crippen LogP contribution in [0.4, 0.5) is 0 Å². The first-order valence-corrected chi connectivity index (χ1v) is 6.50. The number of nitrogens with one attached hydrogen (secondary N) is 1. The third kappa shape index (κ3) is 4.60. The molecule has 0 saturated heterocycles. The second kappa shape index (κ2) is 6.33. The van der Waals surface area contributed by atoms with Gasteiger partial charge in [-0.05, 0) is 13.0 Å². The van der Waals surface area contributed by atoms with E-state index in [9.17, 15) is 0 Å². The van der Waals surface area contributed by atoms with Gasteiger partial charge in [0.2, 0.25) is 0 Å². The molecule has 0 aromatic carbocycles. The van der Waals surface area contributed by atoms with Crippen molar-refractivity contribution in [1.82, 2.24) is 10.3 Å². The van der Waals surface area contributed by atoms with E-state index >= 15 is 0 Å². The smallest absolute Gasteiger partial charge is 0.0981 e. The Balaban J connectivity index is 2.30. The highest BCUT2D eigenvalue weighted by molar-refractivity contribution is 7.11. The SMILES string of the molecule is COCCCNCc1cnc(C(C)(C)C)s1. The van der Waals surface area contributed by atoms with Gasteiger partial charge in [0.1, 0.15) is 0 Å². The van der Waals surface area contributed by atoms with Crippen molar-refractivity contribution in [2.45, 2.75) is 39.2 Å². The summed E-state index contributed by atoms with van der Waals surface area (Å²) in [6.45, 7) is 9.32. The van der Waals surface area contributed by atoms with Gasteiger partial charge in [-0.3, -0.25) is 0 Å². The molecule has 1 N–H and O–H groups in total. The van der Waals surface area contributed by atoms with Crippen LogP contribution in [0, 0.1) is 0 Å². The summed E-state index contributed by atoms with van der Waals surface area (Å²) in [5.41, 5.74) is 0.166. The molecular weight excluding hydrogens is 220 g/mol. The van der Waals surface area contributed by atoms with Gasteiger partial charge in [-0.2, -0.15) is 0 Å². The molecule has 0 aliphatic heterocycles. The molecule has 3 nitrogen and oxygen atoms in total. The third-order valence-electron chi connectivity index (χ3n) is 2.20. The Hall–Kier alpha value is -0.450. The third-order valence-corrected chi connectivity index (χ3v) is 3.62. The normalized spacial score (nSPS) is 12.0. The molecule has 0 unspecified atom stereocenters. The second-order valence-electron chi connectivity index (χ2n) is 4.90. The second-order valence-corrected chi connectivity index (χ2v) is 6.02. The Morgan fingerprint density at radius 1 is 1.44 bits per heavy atom. The van der Waals surface area contributed by atoms with Crippen LogP contribution in [0.1, 0.15) is 37.1 Å². The number of thiazole rings is 1. The lowest BCUT2D eigenvalue weighted by Gasteiger charge is -2.13. The lowest BCUT2D eigenvalue weighted by Crippen LogP contribution is -2.15. The first-order chi connectivity index (χ1) is 7.54.